The number of anilines is 1. The van der Waals surface area contributed by atoms with Gasteiger partial charge in [0, 0.05) is 51.4 Å². The fraction of sp³-hybridized carbons (Fsp3) is 0.484. The first kappa shape index (κ1) is 28.3. The molecule has 0 radical (unpaired) electrons. The average molecular weight is 550 g/mol. The van der Waals surface area contributed by atoms with E-state index in [1.807, 2.05) is 47.0 Å². The maximum absolute atomic E-state index is 14.6. The van der Waals surface area contributed by atoms with Gasteiger partial charge in [-0.15, -0.1) is 0 Å². The zero-order valence-corrected chi connectivity index (χ0v) is 23.5. The number of likely N-dealkylation sites (tertiary alicyclic amines) is 2. The number of piperidine rings is 2. The third-order valence-corrected chi connectivity index (χ3v) is 8.44. The quantitative estimate of drug-likeness (QED) is 0.440. The summed E-state index contributed by atoms with van der Waals surface area (Å²) in [6.45, 7) is 4.25. The molecule has 0 bridgehead atoms. The summed E-state index contributed by atoms with van der Waals surface area (Å²) in [6.07, 6.45) is 5.09. The van der Waals surface area contributed by atoms with Crippen LogP contribution in [0, 0.1) is 11.7 Å². The van der Waals surface area contributed by atoms with Crippen LogP contribution in [-0.2, 0) is 22.6 Å². The van der Waals surface area contributed by atoms with Crippen LogP contribution in [0.15, 0.2) is 42.6 Å². The lowest BCUT2D eigenvalue weighted by molar-refractivity contribution is -0.121. The highest BCUT2D eigenvalue weighted by Crippen LogP contribution is 2.34. The molecule has 3 aromatic rings. The Morgan fingerprint density at radius 1 is 1.12 bits per heavy atom. The van der Waals surface area contributed by atoms with Crippen LogP contribution in [0.2, 0.25) is 0 Å². The van der Waals surface area contributed by atoms with Gasteiger partial charge in [-0.3, -0.25) is 9.59 Å². The number of hydrogen-bond donors (Lipinski definition) is 2. The number of aromatic nitrogens is 1. The molecule has 2 aliphatic rings. The monoisotopic (exact) mass is 549 g/mol. The van der Waals surface area contributed by atoms with Crippen LogP contribution in [-0.4, -0.2) is 73.1 Å². The van der Waals surface area contributed by atoms with Crippen LogP contribution in [0.25, 0.3) is 10.9 Å². The Hall–Kier alpha value is -3.27. The SMILES string of the molecule is COCCn1cc(C(=O)N2CCC(c3cc(CN)ccc3F)CC2)c2c(NC(=O)C3CCCN(C)C3)cccc21. The fourth-order valence-electron chi connectivity index (χ4n) is 6.21. The fourth-order valence-corrected chi connectivity index (χ4v) is 6.21. The molecule has 1 atom stereocenters. The molecule has 0 aliphatic carbocycles. The number of carbonyl (C=O) groups is 2. The van der Waals surface area contributed by atoms with Crippen molar-refractivity contribution in [3.63, 3.8) is 0 Å². The van der Waals surface area contributed by atoms with Gasteiger partial charge >= 0.3 is 0 Å². The number of hydrogen-bond acceptors (Lipinski definition) is 5. The number of carbonyl (C=O) groups excluding carboxylic acids is 2. The van der Waals surface area contributed by atoms with E-state index in [2.05, 4.69) is 10.2 Å². The zero-order chi connectivity index (χ0) is 28.2. The summed E-state index contributed by atoms with van der Waals surface area (Å²) in [5.74, 6) is -0.338. The van der Waals surface area contributed by atoms with E-state index < -0.39 is 0 Å². The van der Waals surface area contributed by atoms with Crippen molar-refractivity contribution in [2.75, 3.05) is 52.3 Å². The normalized spacial score (nSPS) is 18.8. The van der Waals surface area contributed by atoms with Gasteiger partial charge in [-0.2, -0.15) is 0 Å². The standard InChI is InChI=1S/C31H40FN5O3/c1-35-12-4-5-23(19-35)30(38)34-27-6-3-7-28-29(27)25(20-37(28)15-16-40-2)31(39)36-13-10-22(11-14-36)24-17-21(18-33)8-9-26(24)32/h3,6-9,17,20,22-23H,4-5,10-16,18-19,33H2,1-2H3,(H,34,38). The predicted molar refractivity (Wildman–Crippen MR) is 155 cm³/mol. The van der Waals surface area contributed by atoms with Gasteiger partial charge < -0.3 is 30.2 Å². The van der Waals surface area contributed by atoms with E-state index in [9.17, 15) is 14.0 Å². The number of fused-ring (bicyclic) bond motifs is 1. The lowest BCUT2D eigenvalue weighted by Crippen LogP contribution is -2.38. The Kier molecular flexibility index (Phi) is 8.83. The van der Waals surface area contributed by atoms with Crippen molar-refractivity contribution < 1.29 is 18.7 Å². The van der Waals surface area contributed by atoms with Crippen molar-refractivity contribution in [1.82, 2.24) is 14.4 Å². The number of halogens is 1. The second-order valence-electron chi connectivity index (χ2n) is 11.1. The molecule has 8 nitrogen and oxygen atoms in total. The largest absolute Gasteiger partial charge is 0.383 e. The number of methoxy groups -OCH3 is 1. The minimum atomic E-state index is -0.215. The van der Waals surface area contributed by atoms with Gasteiger partial charge in [-0.1, -0.05) is 18.2 Å². The molecular weight excluding hydrogens is 509 g/mol. The van der Waals surface area contributed by atoms with E-state index in [0.717, 1.165) is 42.4 Å². The zero-order valence-electron chi connectivity index (χ0n) is 23.5. The predicted octanol–water partition coefficient (Wildman–Crippen LogP) is 4.19. The number of nitrogens with two attached hydrogens (primary N) is 1. The Bertz CT molecular complexity index is 1360. The van der Waals surface area contributed by atoms with Crippen molar-refractivity contribution in [3.8, 4) is 0 Å². The summed E-state index contributed by atoms with van der Waals surface area (Å²) in [5.41, 5.74) is 9.48. The van der Waals surface area contributed by atoms with Crippen LogP contribution in [0.5, 0.6) is 0 Å². The molecule has 214 valence electrons. The number of nitrogens with zero attached hydrogens (tertiary/aromatic N) is 3. The highest BCUT2D eigenvalue weighted by molar-refractivity contribution is 6.13. The van der Waals surface area contributed by atoms with Crippen LogP contribution in [0.4, 0.5) is 10.1 Å². The second-order valence-corrected chi connectivity index (χ2v) is 11.1. The molecule has 1 unspecified atom stereocenters. The van der Waals surface area contributed by atoms with Gasteiger partial charge in [-0.25, -0.2) is 4.39 Å². The molecule has 3 N–H and O–H groups in total. The van der Waals surface area contributed by atoms with E-state index in [1.165, 1.54) is 6.07 Å². The molecular formula is C31H40FN5O3. The summed E-state index contributed by atoms with van der Waals surface area (Å²) in [4.78, 5) is 31.3. The van der Waals surface area contributed by atoms with Crippen molar-refractivity contribution in [1.29, 1.82) is 0 Å². The van der Waals surface area contributed by atoms with Crippen LogP contribution in [0.1, 0.15) is 53.1 Å². The Labute approximate surface area is 235 Å². The van der Waals surface area contributed by atoms with Gasteiger partial charge in [0.15, 0.2) is 0 Å². The van der Waals surface area contributed by atoms with Gasteiger partial charge in [0.25, 0.3) is 5.91 Å². The summed E-state index contributed by atoms with van der Waals surface area (Å²) < 4.78 is 22.0. The Morgan fingerprint density at radius 2 is 1.93 bits per heavy atom. The van der Waals surface area contributed by atoms with Gasteiger partial charge in [-0.05, 0) is 74.5 Å². The van der Waals surface area contributed by atoms with Crippen molar-refractivity contribution in [2.24, 2.45) is 11.7 Å². The topological polar surface area (TPSA) is 92.8 Å². The van der Waals surface area contributed by atoms with E-state index in [1.54, 1.807) is 13.2 Å². The second kappa shape index (κ2) is 12.5. The number of benzene rings is 2. The summed E-state index contributed by atoms with van der Waals surface area (Å²) in [6, 6.07) is 10.8. The Morgan fingerprint density at radius 3 is 2.65 bits per heavy atom. The number of amides is 2. The minimum absolute atomic E-state index is 0.00959. The average Bonchev–Trinajstić information content (AvgIpc) is 3.35. The molecule has 2 aliphatic heterocycles. The van der Waals surface area contributed by atoms with Gasteiger partial charge in [0.05, 0.1) is 29.3 Å². The first-order valence-corrected chi connectivity index (χ1v) is 14.3. The molecule has 2 saturated heterocycles. The van der Waals surface area contributed by atoms with Crippen molar-refractivity contribution in [3.05, 3.63) is 65.1 Å². The molecule has 3 heterocycles. The summed E-state index contributed by atoms with van der Waals surface area (Å²) in [7, 11) is 3.69. The van der Waals surface area contributed by atoms with Crippen LogP contribution < -0.4 is 11.1 Å². The van der Waals surface area contributed by atoms with Gasteiger partial charge in [0.1, 0.15) is 5.82 Å². The molecule has 9 heteroatoms. The number of rotatable bonds is 8. The van der Waals surface area contributed by atoms with Crippen molar-refractivity contribution in [2.45, 2.75) is 44.7 Å². The minimum Gasteiger partial charge on any atom is -0.383 e. The molecule has 0 saturated carbocycles. The lowest BCUT2D eigenvalue weighted by Gasteiger charge is -2.32. The Balaban J connectivity index is 1.40. The highest BCUT2D eigenvalue weighted by Gasteiger charge is 2.30. The first-order chi connectivity index (χ1) is 19.4. The number of ether oxygens (including phenoxy) is 1. The first-order valence-electron chi connectivity index (χ1n) is 14.3. The third-order valence-electron chi connectivity index (χ3n) is 8.44. The van der Waals surface area contributed by atoms with Crippen LogP contribution >= 0.6 is 0 Å². The molecule has 2 amide bonds. The lowest BCUT2D eigenvalue weighted by atomic mass is 9.88. The van der Waals surface area contributed by atoms with E-state index >= 15 is 0 Å². The van der Waals surface area contributed by atoms with Gasteiger partial charge in [0.2, 0.25) is 5.91 Å². The van der Waals surface area contributed by atoms with Crippen molar-refractivity contribution >= 4 is 28.4 Å². The maximum Gasteiger partial charge on any atom is 0.256 e. The molecule has 40 heavy (non-hydrogen) atoms. The van der Waals surface area contributed by atoms with E-state index in [0.29, 0.717) is 62.4 Å². The molecule has 1 aromatic heterocycles. The smallest absolute Gasteiger partial charge is 0.256 e. The summed E-state index contributed by atoms with van der Waals surface area (Å²) >= 11 is 0. The van der Waals surface area contributed by atoms with E-state index in [-0.39, 0.29) is 29.5 Å². The summed E-state index contributed by atoms with van der Waals surface area (Å²) in [5, 5.41) is 3.91. The molecule has 5 rings (SSSR count). The molecule has 0 spiro atoms. The van der Waals surface area contributed by atoms with E-state index in [4.69, 9.17) is 10.5 Å². The molecule has 2 fully saturated rings. The molecule has 2 aromatic carbocycles. The third kappa shape index (κ3) is 5.92. The highest BCUT2D eigenvalue weighted by atomic mass is 19.1. The maximum atomic E-state index is 14.6. The number of nitrogens with one attached hydrogen (secondary N) is 1. The van der Waals surface area contributed by atoms with Crippen LogP contribution in [0.3, 0.4) is 0 Å².